The maximum atomic E-state index is 5.96. The number of aliphatic imine (C=N–C) groups is 1. The molecule has 0 saturated carbocycles. The molecule has 6 nitrogen and oxygen atoms in total. The lowest BCUT2D eigenvalue weighted by Crippen LogP contribution is -2.36. The third-order valence-electron chi connectivity index (χ3n) is 4.25. The lowest BCUT2D eigenvalue weighted by atomic mass is 10.1. The Morgan fingerprint density at radius 1 is 1.31 bits per heavy atom. The van der Waals surface area contributed by atoms with Gasteiger partial charge in [0.05, 0.1) is 18.8 Å². The Morgan fingerprint density at radius 3 is 3.00 bits per heavy atom. The SMILES string of the molecule is CCNC(=NCc1cn2ccsc2n1)NCc1oc2ccccc2c1C. The van der Waals surface area contributed by atoms with E-state index in [1.165, 1.54) is 5.56 Å². The minimum Gasteiger partial charge on any atom is -0.459 e. The van der Waals surface area contributed by atoms with Crippen molar-refractivity contribution in [3.63, 3.8) is 0 Å². The van der Waals surface area contributed by atoms with Crippen molar-refractivity contribution in [2.75, 3.05) is 6.54 Å². The predicted molar refractivity (Wildman–Crippen MR) is 106 cm³/mol. The molecule has 0 aliphatic carbocycles. The summed E-state index contributed by atoms with van der Waals surface area (Å²) < 4.78 is 7.98. The molecule has 0 aliphatic heterocycles. The maximum absolute atomic E-state index is 5.96. The van der Waals surface area contributed by atoms with Gasteiger partial charge in [-0.2, -0.15) is 0 Å². The van der Waals surface area contributed by atoms with Gasteiger partial charge >= 0.3 is 0 Å². The number of aromatic nitrogens is 2. The summed E-state index contributed by atoms with van der Waals surface area (Å²) in [5.41, 5.74) is 3.04. The van der Waals surface area contributed by atoms with E-state index < -0.39 is 0 Å². The molecule has 3 heterocycles. The third kappa shape index (κ3) is 3.30. The van der Waals surface area contributed by atoms with E-state index in [9.17, 15) is 0 Å². The molecule has 0 radical (unpaired) electrons. The summed E-state index contributed by atoms with van der Waals surface area (Å²) in [4.78, 5) is 10.2. The number of hydrogen-bond donors (Lipinski definition) is 2. The van der Waals surface area contributed by atoms with Gasteiger partial charge < -0.3 is 15.1 Å². The van der Waals surface area contributed by atoms with Crippen molar-refractivity contribution in [1.29, 1.82) is 0 Å². The summed E-state index contributed by atoms with van der Waals surface area (Å²) in [5, 5.41) is 9.80. The number of para-hydroxylation sites is 1. The second-order valence-corrected chi connectivity index (χ2v) is 6.89. The summed E-state index contributed by atoms with van der Waals surface area (Å²) in [5.74, 6) is 1.68. The van der Waals surface area contributed by atoms with E-state index in [0.717, 1.165) is 39.9 Å². The van der Waals surface area contributed by atoms with E-state index >= 15 is 0 Å². The Balaban J connectivity index is 1.47. The zero-order valence-corrected chi connectivity index (χ0v) is 15.6. The molecule has 0 aliphatic rings. The average molecular weight is 367 g/mol. The summed E-state index contributed by atoms with van der Waals surface area (Å²) in [6.07, 6.45) is 4.02. The van der Waals surface area contributed by atoms with Gasteiger partial charge in [0.1, 0.15) is 11.3 Å². The Labute approximate surface area is 155 Å². The number of aryl methyl sites for hydroxylation is 1. The van der Waals surface area contributed by atoms with Gasteiger partial charge in [0, 0.05) is 35.3 Å². The summed E-state index contributed by atoms with van der Waals surface area (Å²) in [6.45, 7) is 6.05. The van der Waals surface area contributed by atoms with E-state index in [1.807, 2.05) is 40.4 Å². The summed E-state index contributed by atoms with van der Waals surface area (Å²) in [7, 11) is 0. The molecule has 4 rings (SSSR count). The highest BCUT2D eigenvalue weighted by atomic mass is 32.1. The number of hydrogen-bond acceptors (Lipinski definition) is 4. The normalized spacial score (nSPS) is 12.2. The van der Waals surface area contributed by atoms with Crippen LogP contribution in [0.25, 0.3) is 15.9 Å². The van der Waals surface area contributed by atoms with Crippen molar-refractivity contribution in [3.8, 4) is 0 Å². The molecule has 1 aromatic carbocycles. The zero-order valence-electron chi connectivity index (χ0n) is 14.8. The topological polar surface area (TPSA) is 66.9 Å². The van der Waals surface area contributed by atoms with Crippen LogP contribution in [0.4, 0.5) is 0 Å². The molecule has 0 amide bonds. The molecule has 0 atom stereocenters. The second kappa shape index (κ2) is 7.21. The molecule has 26 heavy (non-hydrogen) atoms. The van der Waals surface area contributed by atoms with Gasteiger partial charge in [0.25, 0.3) is 0 Å². The minimum absolute atomic E-state index is 0.531. The Hall–Kier alpha value is -2.80. The van der Waals surface area contributed by atoms with Crippen molar-refractivity contribution < 1.29 is 4.42 Å². The van der Waals surface area contributed by atoms with Gasteiger partial charge in [-0.05, 0) is 19.9 Å². The van der Waals surface area contributed by atoms with E-state index in [2.05, 4.69) is 40.5 Å². The van der Waals surface area contributed by atoms with Crippen LogP contribution in [0, 0.1) is 6.92 Å². The quantitative estimate of drug-likeness (QED) is 0.417. The number of fused-ring (bicyclic) bond motifs is 2. The number of thiazole rings is 1. The van der Waals surface area contributed by atoms with E-state index in [0.29, 0.717) is 13.1 Å². The van der Waals surface area contributed by atoms with Crippen LogP contribution in [-0.4, -0.2) is 21.9 Å². The molecule has 0 bridgehead atoms. The van der Waals surface area contributed by atoms with Gasteiger partial charge in [-0.1, -0.05) is 18.2 Å². The first-order valence-corrected chi connectivity index (χ1v) is 9.53. The molecule has 0 saturated heterocycles. The fourth-order valence-corrected chi connectivity index (χ4v) is 3.63. The first kappa shape index (κ1) is 16.7. The lowest BCUT2D eigenvalue weighted by molar-refractivity contribution is 0.534. The van der Waals surface area contributed by atoms with E-state index in [-0.39, 0.29) is 0 Å². The van der Waals surface area contributed by atoms with Gasteiger partial charge in [-0.15, -0.1) is 11.3 Å². The van der Waals surface area contributed by atoms with Crippen LogP contribution in [0.15, 0.2) is 51.4 Å². The van der Waals surface area contributed by atoms with Crippen LogP contribution in [0.2, 0.25) is 0 Å². The first-order valence-electron chi connectivity index (χ1n) is 8.65. The molecule has 2 N–H and O–H groups in total. The van der Waals surface area contributed by atoms with Crippen molar-refractivity contribution >= 4 is 33.2 Å². The van der Waals surface area contributed by atoms with Crippen LogP contribution in [0.1, 0.15) is 23.9 Å². The van der Waals surface area contributed by atoms with Gasteiger partial charge in [0.2, 0.25) is 0 Å². The van der Waals surface area contributed by atoms with Crippen molar-refractivity contribution in [2.24, 2.45) is 4.99 Å². The molecule has 0 unspecified atom stereocenters. The number of nitrogens with zero attached hydrogens (tertiary/aromatic N) is 3. The molecular weight excluding hydrogens is 346 g/mol. The molecule has 3 aromatic heterocycles. The van der Waals surface area contributed by atoms with Crippen LogP contribution < -0.4 is 10.6 Å². The number of rotatable bonds is 5. The lowest BCUT2D eigenvalue weighted by Gasteiger charge is -2.10. The van der Waals surface area contributed by atoms with Gasteiger partial charge in [0.15, 0.2) is 10.9 Å². The molecule has 134 valence electrons. The van der Waals surface area contributed by atoms with Crippen LogP contribution >= 0.6 is 11.3 Å². The largest absolute Gasteiger partial charge is 0.459 e. The van der Waals surface area contributed by atoms with Crippen molar-refractivity contribution in [2.45, 2.75) is 26.9 Å². The number of guanidine groups is 1. The maximum Gasteiger partial charge on any atom is 0.193 e. The van der Waals surface area contributed by atoms with Crippen LogP contribution in [0.5, 0.6) is 0 Å². The third-order valence-corrected chi connectivity index (χ3v) is 5.02. The number of imidazole rings is 1. The molecule has 0 spiro atoms. The highest BCUT2D eigenvalue weighted by Gasteiger charge is 2.10. The number of furan rings is 1. The predicted octanol–water partition coefficient (Wildman–Crippen LogP) is 3.71. The minimum atomic E-state index is 0.531. The number of nitrogens with one attached hydrogen (secondary N) is 2. The molecule has 4 aromatic rings. The van der Waals surface area contributed by atoms with Gasteiger partial charge in [-0.3, -0.25) is 4.40 Å². The fraction of sp³-hybridized carbons (Fsp3) is 0.263. The standard InChI is InChI=1S/C19H21N5OS/c1-3-20-18(21-10-14-12-24-8-9-26-19(24)23-14)22-11-17-13(2)15-6-4-5-7-16(15)25-17/h4-9,12H,3,10-11H2,1-2H3,(H2,20,21,22). The zero-order chi connectivity index (χ0) is 17.9. The molecular formula is C19H21N5OS. The Morgan fingerprint density at radius 2 is 2.19 bits per heavy atom. The first-order chi connectivity index (χ1) is 12.7. The molecule has 0 fully saturated rings. The number of benzene rings is 1. The van der Waals surface area contributed by atoms with E-state index in [1.54, 1.807) is 11.3 Å². The van der Waals surface area contributed by atoms with Crippen LogP contribution in [-0.2, 0) is 13.1 Å². The van der Waals surface area contributed by atoms with Crippen molar-refractivity contribution in [1.82, 2.24) is 20.0 Å². The average Bonchev–Trinajstić information content (AvgIpc) is 3.32. The monoisotopic (exact) mass is 367 g/mol. The highest BCUT2D eigenvalue weighted by Crippen LogP contribution is 2.24. The smallest absolute Gasteiger partial charge is 0.193 e. The van der Waals surface area contributed by atoms with Crippen LogP contribution in [0.3, 0.4) is 0 Å². The summed E-state index contributed by atoms with van der Waals surface area (Å²) >= 11 is 1.62. The summed E-state index contributed by atoms with van der Waals surface area (Å²) in [6, 6.07) is 8.10. The van der Waals surface area contributed by atoms with Gasteiger partial charge in [-0.25, -0.2) is 9.98 Å². The highest BCUT2D eigenvalue weighted by molar-refractivity contribution is 7.15. The Kier molecular flexibility index (Phi) is 4.62. The van der Waals surface area contributed by atoms with Crippen molar-refractivity contribution in [3.05, 3.63) is 59.1 Å². The Bertz CT molecular complexity index is 1030. The van der Waals surface area contributed by atoms with E-state index in [4.69, 9.17) is 4.42 Å². The second-order valence-electron chi connectivity index (χ2n) is 6.02. The molecule has 7 heteroatoms. The fourth-order valence-electron chi connectivity index (χ4n) is 2.91.